The van der Waals surface area contributed by atoms with Gasteiger partial charge in [0.05, 0.1) is 37.3 Å². The van der Waals surface area contributed by atoms with Gasteiger partial charge in [-0.1, -0.05) is 60.5 Å². The van der Waals surface area contributed by atoms with E-state index in [1.807, 2.05) is 19.1 Å². The average Bonchev–Trinajstić information content (AvgIpc) is 3.35. The summed E-state index contributed by atoms with van der Waals surface area (Å²) in [6, 6.07) is 12.7. The van der Waals surface area contributed by atoms with Crippen LogP contribution in [0.25, 0.3) is 27.5 Å². The van der Waals surface area contributed by atoms with Gasteiger partial charge in [-0.3, -0.25) is 0 Å². The number of aromatic nitrogens is 3. The monoisotopic (exact) mass is 542 g/mol. The third kappa shape index (κ3) is 5.09. The molecule has 4 rings (SSSR count). The second-order valence-electron chi connectivity index (χ2n) is 8.15. The van der Waals surface area contributed by atoms with Gasteiger partial charge >= 0.3 is 5.97 Å². The van der Waals surface area contributed by atoms with Crippen LogP contribution in [0.1, 0.15) is 41.2 Å². The number of hydrogen-bond acceptors (Lipinski definition) is 6. The first-order valence-electron chi connectivity index (χ1n) is 10.6. The van der Waals surface area contributed by atoms with Crippen molar-refractivity contribution in [2.75, 3.05) is 0 Å². The molecule has 0 saturated heterocycles. The smallest absolute Gasteiger partial charge is 0.355 e. The number of rotatable bonds is 6. The highest BCUT2D eigenvalue weighted by molar-refractivity contribution is 8.01. The molecule has 35 heavy (non-hydrogen) atoms. The van der Waals surface area contributed by atoms with Crippen LogP contribution in [0.2, 0.25) is 10.0 Å². The molecule has 2 heterocycles. The van der Waals surface area contributed by atoms with Crippen molar-refractivity contribution >= 4 is 52.3 Å². The molecule has 0 bridgehead atoms. The van der Waals surface area contributed by atoms with Crippen LogP contribution in [-0.2, 0) is 0 Å². The standard InChI is InChI=1S/C25H20Cl2N4O2S2/c1-12(2)34-24-21(16-5-6-18(26)19(27)10-16)29-25(35-24)31-22(23(32)33)20(14(4)30-31)17-8-13(3)7-15(9-17)11-28/h5-10,12H,1-4H3,(H,32,33). The van der Waals surface area contributed by atoms with Crippen molar-refractivity contribution in [1.29, 1.82) is 5.26 Å². The molecule has 10 heteroatoms. The molecule has 0 amide bonds. The van der Waals surface area contributed by atoms with Crippen molar-refractivity contribution in [3.63, 3.8) is 0 Å². The van der Waals surface area contributed by atoms with Gasteiger partial charge in [-0.15, -0.1) is 11.8 Å². The number of aromatic carboxylic acids is 1. The highest BCUT2D eigenvalue weighted by atomic mass is 35.5. The molecule has 0 unspecified atom stereocenters. The summed E-state index contributed by atoms with van der Waals surface area (Å²) in [5.74, 6) is -1.13. The van der Waals surface area contributed by atoms with Crippen molar-refractivity contribution in [1.82, 2.24) is 14.8 Å². The molecule has 0 atom stereocenters. The third-order valence-corrected chi connectivity index (χ3v) is 8.04. The Kier molecular flexibility index (Phi) is 7.25. The molecule has 0 radical (unpaired) electrons. The predicted molar refractivity (Wildman–Crippen MR) is 142 cm³/mol. The number of aryl methyl sites for hydroxylation is 2. The lowest BCUT2D eigenvalue weighted by Gasteiger charge is -2.06. The van der Waals surface area contributed by atoms with E-state index in [1.165, 1.54) is 16.0 Å². The van der Waals surface area contributed by atoms with E-state index >= 15 is 0 Å². The number of benzene rings is 2. The summed E-state index contributed by atoms with van der Waals surface area (Å²) in [5, 5.41) is 25.7. The van der Waals surface area contributed by atoms with E-state index in [1.54, 1.807) is 43.0 Å². The molecule has 0 saturated carbocycles. The maximum atomic E-state index is 12.5. The number of carboxylic acid groups (broad SMARTS) is 1. The number of halogens is 2. The first-order valence-corrected chi connectivity index (χ1v) is 13.0. The van der Waals surface area contributed by atoms with Gasteiger partial charge in [-0.2, -0.15) is 15.0 Å². The molecule has 0 aliphatic heterocycles. The lowest BCUT2D eigenvalue weighted by Crippen LogP contribution is -2.09. The lowest BCUT2D eigenvalue weighted by molar-refractivity contribution is 0.0688. The molecule has 2 aromatic carbocycles. The van der Waals surface area contributed by atoms with Crippen LogP contribution in [0.3, 0.4) is 0 Å². The second kappa shape index (κ2) is 10.0. The zero-order valence-electron chi connectivity index (χ0n) is 19.3. The number of thiazole rings is 1. The van der Waals surface area contributed by atoms with Crippen molar-refractivity contribution in [2.45, 2.75) is 37.2 Å². The normalized spacial score (nSPS) is 11.1. The third-order valence-electron chi connectivity index (χ3n) is 5.06. The molecule has 0 spiro atoms. The van der Waals surface area contributed by atoms with Crippen molar-refractivity contribution in [3.8, 4) is 33.6 Å². The van der Waals surface area contributed by atoms with Gasteiger partial charge in [0.25, 0.3) is 0 Å². The molecule has 0 fully saturated rings. The van der Waals surface area contributed by atoms with Gasteiger partial charge in [0.1, 0.15) is 0 Å². The van der Waals surface area contributed by atoms with E-state index in [2.05, 4.69) is 25.0 Å². The zero-order chi connectivity index (χ0) is 25.4. The van der Waals surface area contributed by atoms with Crippen molar-refractivity contribution < 1.29 is 9.90 Å². The quantitative estimate of drug-likeness (QED) is 0.251. The Morgan fingerprint density at radius 3 is 2.51 bits per heavy atom. The summed E-state index contributed by atoms with van der Waals surface area (Å²) in [6.07, 6.45) is 0. The Morgan fingerprint density at radius 1 is 1.14 bits per heavy atom. The van der Waals surface area contributed by atoms with Crippen molar-refractivity contribution in [3.05, 3.63) is 69.0 Å². The Labute approximate surface area is 221 Å². The van der Waals surface area contributed by atoms with E-state index < -0.39 is 5.97 Å². The molecule has 178 valence electrons. The number of carboxylic acids is 1. The van der Waals surface area contributed by atoms with E-state index in [0.717, 1.165) is 15.3 Å². The summed E-state index contributed by atoms with van der Waals surface area (Å²) < 4.78 is 2.29. The largest absolute Gasteiger partial charge is 0.476 e. The summed E-state index contributed by atoms with van der Waals surface area (Å²) >= 11 is 15.4. The van der Waals surface area contributed by atoms with Crippen LogP contribution >= 0.6 is 46.3 Å². The van der Waals surface area contributed by atoms with E-state index in [-0.39, 0.29) is 10.9 Å². The molecular weight excluding hydrogens is 523 g/mol. The Hall–Kier alpha value is -2.83. The van der Waals surface area contributed by atoms with Gasteiger partial charge in [0.15, 0.2) is 5.69 Å². The molecule has 1 N–H and O–H groups in total. The lowest BCUT2D eigenvalue weighted by atomic mass is 9.99. The Morgan fingerprint density at radius 2 is 1.89 bits per heavy atom. The van der Waals surface area contributed by atoms with Gasteiger partial charge in [-0.05, 0) is 49.2 Å². The Bertz CT molecular complexity index is 1500. The average molecular weight is 544 g/mol. The molecule has 2 aromatic heterocycles. The molecule has 6 nitrogen and oxygen atoms in total. The second-order valence-corrected chi connectivity index (χ2v) is 11.8. The van der Waals surface area contributed by atoms with E-state index in [4.69, 9.17) is 28.2 Å². The van der Waals surface area contributed by atoms with Crippen LogP contribution in [0, 0.1) is 25.2 Å². The number of hydrogen-bond donors (Lipinski definition) is 1. The SMILES string of the molecule is Cc1cc(C#N)cc(-c2c(C)nn(-c3nc(-c4ccc(Cl)c(Cl)c4)c(SC(C)C)s3)c2C(=O)O)c1. The highest BCUT2D eigenvalue weighted by Crippen LogP contribution is 2.42. The van der Waals surface area contributed by atoms with Crippen LogP contribution in [0.15, 0.2) is 40.6 Å². The zero-order valence-corrected chi connectivity index (χ0v) is 22.4. The van der Waals surface area contributed by atoms with Gasteiger partial charge in [-0.25, -0.2) is 9.78 Å². The highest BCUT2D eigenvalue weighted by Gasteiger charge is 2.27. The molecule has 0 aliphatic carbocycles. The van der Waals surface area contributed by atoms with Crippen LogP contribution in [0.4, 0.5) is 0 Å². The summed E-state index contributed by atoms with van der Waals surface area (Å²) in [7, 11) is 0. The van der Waals surface area contributed by atoms with Gasteiger partial charge in [0, 0.05) is 16.4 Å². The number of nitrogens with zero attached hydrogens (tertiary/aromatic N) is 4. The fourth-order valence-corrected chi connectivity index (χ4v) is 6.48. The summed E-state index contributed by atoms with van der Waals surface area (Å²) in [5.41, 5.74) is 4.39. The van der Waals surface area contributed by atoms with Gasteiger partial charge < -0.3 is 5.11 Å². The fourth-order valence-electron chi connectivity index (χ4n) is 3.71. The fraction of sp³-hybridized carbons (Fsp3) is 0.200. The van der Waals surface area contributed by atoms with E-state index in [9.17, 15) is 15.2 Å². The summed E-state index contributed by atoms with van der Waals surface area (Å²) in [4.78, 5) is 17.3. The summed E-state index contributed by atoms with van der Waals surface area (Å²) in [6.45, 7) is 7.77. The van der Waals surface area contributed by atoms with Crippen LogP contribution in [-0.4, -0.2) is 31.1 Å². The first-order chi connectivity index (χ1) is 16.6. The first kappa shape index (κ1) is 25.3. The Balaban J connectivity index is 1.94. The molecular formula is C25H20Cl2N4O2S2. The van der Waals surface area contributed by atoms with Crippen LogP contribution in [0.5, 0.6) is 0 Å². The number of thioether (sulfide) groups is 1. The maximum Gasteiger partial charge on any atom is 0.355 e. The maximum absolute atomic E-state index is 12.5. The van der Waals surface area contributed by atoms with Crippen molar-refractivity contribution in [2.24, 2.45) is 0 Å². The molecule has 4 aromatic rings. The minimum Gasteiger partial charge on any atom is -0.476 e. The predicted octanol–water partition coefficient (Wildman–Crippen LogP) is 7.66. The minimum absolute atomic E-state index is 0.00692. The van der Waals surface area contributed by atoms with E-state index in [0.29, 0.717) is 43.3 Å². The minimum atomic E-state index is -1.13. The van der Waals surface area contributed by atoms with Gasteiger partial charge in [0.2, 0.25) is 5.13 Å². The number of nitriles is 1. The molecule has 0 aliphatic rings. The topological polar surface area (TPSA) is 91.8 Å². The van der Waals surface area contributed by atoms with Crippen LogP contribution < -0.4 is 0 Å². The number of carbonyl (C=O) groups is 1.